The molecule has 1 unspecified atom stereocenters. The summed E-state index contributed by atoms with van der Waals surface area (Å²) >= 11 is 5.45. The molecule has 2 rings (SSSR count). The normalized spacial score (nSPS) is 27.9. The molecule has 2 fully saturated rings. The van der Waals surface area contributed by atoms with Gasteiger partial charge in [0.2, 0.25) is 0 Å². The Hall–Kier alpha value is -0.130. The second-order valence-corrected chi connectivity index (χ2v) is 6.24. The Kier molecular flexibility index (Phi) is 2.36. The highest BCUT2D eigenvalue weighted by atomic mass is 35.5. The highest BCUT2D eigenvalue weighted by Gasteiger charge is 2.52. The lowest BCUT2D eigenvalue weighted by Crippen LogP contribution is -2.45. The SMILES string of the molecule is CC1(S(=O)NC(=O)C2(NCl)CC2)CC1. The van der Waals surface area contributed by atoms with Crippen LogP contribution in [0.2, 0.25) is 0 Å². The second kappa shape index (κ2) is 3.18. The summed E-state index contributed by atoms with van der Waals surface area (Å²) in [5.74, 6) is -0.237. The molecule has 0 saturated heterocycles. The highest BCUT2D eigenvalue weighted by Crippen LogP contribution is 2.41. The first-order valence-corrected chi connectivity index (χ1v) is 6.16. The molecular weight excluding hydrogens is 224 g/mol. The van der Waals surface area contributed by atoms with Gasteiger partial charge in [-0.15, -0.1) is 0 Å². The number of hydrogen-bond acceptors (Lipinski definition) is 3. The van der Waals surface area contributed by atoms with Crippen LogP contribution in [0.1, 0.15) is 32.6 Å². The Balaban J connectivity index is 1.92. The summed E-state index contributed by atoms with van der Waals surface area (Å²) in [6.45, 7) is 1.91. The molecule has 2 aliphatic carbocycles. The van der Waals surface area contributed by atoms with Crippen molar-refractivity contribution in [2.45, 2.75) is 42.9 Å². The zero-order valence-electron chi connectivity index (χ0n) is 7.93. The van der Waals surface area contributed by atoms with Crippen LogP contribution in [0.5, 0.6) is 0 Å². The molecular formula is C8H13ClN2O2S. The maximum Gasteiger partial charge on any atom is 0.253 e. The predicted octanol–water partition coefficient (Wildman–Crippen LogP) is 0.595. The van der Waals surface area contributed by atoms with E-state index in [1.54, 1.807) is 0 Å². The molecule has 14 heavy (non-hydrogen) atoms. The highest BCUT2D eigenvalue weighted by molar-refractivity contribution is 7.85. The largest absolute Gasteiger partial charge is 0.273 e. The summed E-state index contributed by atoms with van der Waals surface area (Å²) in [5.41, 5.74) is -0.650. The van der Waals surface area contributed by atoms with Gasteiger partial charge in [-0.05, 0) is 44.4 Å². The van der Waals surface area contributed by atoms with E-state index in [-0.39, 0.29) is 10.7 Å². The molecule has 2 aliphatic rings. The first-order chi connectivity index (χ1) is 6.52. The van der Waals surface area contributed by atoms with Crippen LogP contribution in [-0.4, -0.2) is 20.4 Å². The fourth-order valence-corrected chi connectivity index (χ4v) is 2.51. The minimum absolute atomic E-state index is 0.196. The van der Waals surface area contributed by atoms with Gasteiger partial charge >= 0.3 is 0 Å². The Morgan fingerprint density at radius 2 is 1.93 bits per heavy atom. The summed E-state index contributed by atoms with van der Waals surface area (Å²) in [5, 5.41) is 0. The third kappa shape index (κ3) is 1.68. The van der Waals surface area contributed by atoms with E-state index in [0.29, 0.717) is 0 Å². The van der Waals surface area contributed by atoms with Crippen molar-refractivity contribution in [2.24, 2.45) is 0 Å². The standard InChI is InChI=1S/C8H13ClN2O2S/c1-7(2-3-7)14(13)10-6(12)8(11-9)4-5-8/h11H,2-5H2,1H3,(H,10,12). The van der Waals surface area contributed by atoms with Crippen molar-refractivity contribution >= 4 is 28.7 Å². The van der Waals surface area contributed by atoms with E-state index >= 15 is 0 Å². The third-order valence-corrected chi connectivity index (χ3v) is 4.99. The summed E-state index contributed by atoms with van der Waals surface area (Å²) in [6.07, 6.45) is 3.27. The van der Waals surface area contributed by atoms with Crippen LogP contribution in [0, 0.1) is 0 Å². The van der Waals surface area contributed by atoms with Gasteiger partial charge in [0.1, 0.15) is 16.5 Å². The maximum atomic E-state index is 11.6. The van der Waals surface area contributed by atoms with Crippen molar-refractivity contribution < 1.29 is 9.00 Å². The van der Waals surface area contributed by atoms with Crippen molar-refractivity contribution in [1.82, 2.24) is 9.56 Å². The van der Waals surface area contributed by atoms with E-state index in [4.69, 9.17) is 11.8 Å². The minimum atomic E-state index is -1.26. The molecule has 1 amide bonds. The molecule has 0 aliphatic heterocycles. The van der Waals surface area contributed by atoms with Crippen molar-refractivity contribution in [3.63, 3.8) is 0 Å². The van der Waals surface area contributed by atoms with Gasteiger partial charge in [-0.3, -0.25) is 9.52 Å². The quantitative estimate of drug-likeness (QED) is 0.703. The topological polar surface area (TPSA) is 58.2 Å². The van der Waals surface area contributed by atoms with Crippen LogP contribution in [0.15, 0.2) is 0 Å². The molecule has 0 aromatic rings. The van der Waals surface area contributed by atoms with Crippen molar-refractivity contribution in [3.8, 4) is 0 Å². The number of amides is 1. The molecule has 0 bridgehead atoms. The van der Waals surface area contributed by atoms with Crippen LogP contribution >= 0.6 is 11.8 Å². The Morgan fingerprint density at radius 1 is 1.36 bits per heavy atom. The minimum Gasteiger partial charge on any atom is -0.273 e. The molecule has 80 valence electrons. The Labute approximate surface area is 90.5 Å². The van der Waals surface area contributed by atoms with Crippen molar-refractivity contribution in [2.75, 3.05) is 0 Å². The molecule has 0 aromatic carbocycles. The van der Waals surface area contributed by atoms with E-state index in [0.717, 1.165) is 25.7 Å². The van der Waals surface area contributed by atoms with E-state index in [1.807, 2.05) is 6.92 Å². The predicted molar refractivity (Wildman–Crippen MR) is 54.9 cm³/mol. The lowest BCUT2D eigenvalue weighted by atomic mass is 10.3. The lowest BCUT2D eigenvalue weighted by molar-refractivity contribution is -0.121. The fourth-order valence-electron chi connectivity index (χ4n) is 1.16. The van der Waals surface area contributed by atoms with Crippen LogP contribution in [0.25, 0.3) is 0 Å². The maximum absolute atomic E-state index is 11.6. The van der Waals surface area contributed by atoms with Gasteiger partial charge in [0.15, 0.2) is 0 Å². The van der Waals surface area contributed by atoms with Crippen LogP contribution < -0.4 is 9.56 Å². The van der Waals surface area contributed by atoms with Gasteiger partial charge in [-0.2, -0.15) is 0 Å². The molecule has 2 N–H and O–H groups in total. The van der Waals surface area contributed by atoms with Gasteiger partial charge in [0, 0.05) is 0 Å². The van der Waals surface area contributed by atoms with Gasteiger partial charge in [-0.25, -0.2) is 9.04 Å². The molecule has 0 radical (unpaired) electrons. The van der Waals surface area contributed by atoms with E-state index in [1.165, 1.54) is 0 Å². The summed E-state index contributed by atoms with van der Waals surface area (Å²) < 4.78 is 14.0. The van der Waals surface area contributed by atoms with Gasteiger partial charge < -0.3 is 0 Å². The molecule has 0 heterocycles. The van der Waals surface area contributed by atoms with Gasteiger partial charge in [0.25, 0.3) is 5.91 Å². The third-order valence-electron chi connectivity index (χ3n) is 2.95. The number of nitrogens with one attached hydrogen (secondary N) is 2. The van der Waals surface area contributed by atoms with Crippen molar-refractivity contribution in [1.29, 1.82) is 0 Å². The average Bonchev–Trinajstić information content (AvgIpc) is 2.99. The molecule has 2 saturated carbocycles. The second-order valence-electron chi connectivity index (χ2n) is 4.33. The zero-order valence-corrected chi connectivity index (χ0v) is 9.50. The summed E-state index contributed by atoms with van der Waals surface area (Å²) in [4.78, 5) is 14.0. The first kappa shape index (κ1) is 10.4. The number of rotatable bonds is 4. The van der Waals surface area contributed by atoms with E-state index in [2.05, 4.69) is 9.56 Å². The monoisotopic (exact) mass is 236 g/mol. The summed E-state index contributed by atoms with van der Waals surface area (Å²) in [6, 6.07) is 0. The van der Waals surface area contributed by atoms with Crippen LogP contribution in [0.3, 0.4) is 0 Å². The van der Waals surface area contributed by atoms with E-state index in [9.17, 15) is 9.00 Å². The fraction of sp³-hybridized carbons (Fsp3) is 0.875. The number of carbonyl (C=O) groups excluding carboxylic acids is 1. The molecule has 0 spiro atoms. The Morgan fingerprint density at radius 3 is 2.29 bits per heavy atom. The summed E-state index contributed by atoms with van der Waals surface area (Å²) in [7, 11) is -1.26. The van der Waals surface area contributed by atoms with Gasteiger partial charge in [0.05, 0.1) is 4.75 Å². The zero-order chi connectivity index (χ0) is 10.4. The van der Waals surface area contributed by atoms with Gasteiger partial charge in [-0.1, -0.05) is 0 Å². The molecule has 0 aromatic heterocycles. The van der Waals surface area contributed by atoms with E-state index < -0.39 is 16.5 Å². The molecule has 6 heteroatoms. The Bertz CT molecular complexity index is 300. The average molecular weight is 237 g/mol. The smallest absolute Gasteiger partial charge is 0.253 e. The number of halogens is 1. The van der Waals surface area contributed by atoms with Crippen LogP contribution in [-0.2, 0) is 15.8 Å². The molecule has 1 atom stereocenters. The van der Waals surface area contributed by atoms with Crippen LogP contribution in [0.4, 0.5) is 0 Å². The molecule has 4 nitrogen and oxygen atoms in total. The first-order valence-electron chi connectivity index (χ1n) is 4.63. The van der Waals surface area contributed by atoms with Crippen molar-refractivity contribution in [3.05, 3.63) is 0 Å². The number of hydrogen-bond donors (Lipinski definition) is 2. The lowest BCUT2D eigenvalue weighted by Gasteiger charge is -2.14. The number of carbonyl (C=O) groups is 1.